The predicted octanol–water partition coefficient (Wildman–Crippen LogP) is 2.89. The maximum Gasteiger partial charge on any atom is 0.151 e. The second-order valence-corrected chi connectivity index (χ2v) is 4.69. The average Bonchev–Trinajstić information content (AvgIpc) is 2.38. The molecule has 0 spiro atoms. The van der Waals surface area contributed by atoms with Crippen molar-refractivity contribution in [3.05, 3.63) is 17.3 Å². The van der Waals surface area contributed by atoms with Crippen LogP contribution in [0.4, 0.5) is 5.82 Å². The minimum atomic E-state index is 0.411. The third-order valence-electron chi connectivity index (χ3n) is 2.95. The minimum Gasteiger partial charge on any atom is -0.376 e. The van der Waals surface area contributed by atoms with Crippen LogP contribution in [0.5, 0.6) is 0 Å². The topological polar surface area (TPSA) is 47.0 Å². The van der Waals surface area contributed by atoms with E-state index >= 15 is 0 Å². The first-order chi connectivity index (χ1) is 8.34. The molecule has 2 rings (SSSR count). The molecule has 1 aliphatic rings. The van der Waals surface area contributed by atoms with E-state index < -0.39 is 0 Å². The fraction of sp³-hybridized carbons (Fsp3) is 0.667. The van der Waals surface area contributed by atoms with E-state index in [9.17, 15) is 0 Å². The van der Waals surface area contributed by atoms with Gasteiger partial charge in [0.05, 0.1) is 12.7 Å². The van der Waals surface area contributed by atoms with Crippen LogP contribution in [0.2, 0.25) is 5.15 Å². The van der Waals surface area contributed by atoms with E-state index in [1.165, 1.54) is 32.1 Å². The Balaban J connectivity index is 1.60. The second kappa shape index (κ2) is 6.77. The lowest BCUT2D eigenvalue weighted by Gasteiger charge is -2.22. The maximum atomic E-state index is 5.79. The summed E-state index contributed by atoms with van der Waals surface area (Å²) in [5, 5.41) is 11.2. The van der Waals surface area contributed by atoms with Crippen LogP contribution < -0.4 is 5.32 Å². The summed E-state index contributed by atoms with van der Waals surface area (Å²) in [6.07, 6.45) is 6.85. The molecular weight excluding hydrogens is 238 g/mol. The van der Waals surface area contributed by atoms with Crippen molar-refractivity contribution in [1.82, 2.24) is 10.2 Å². The summed E-state index contributed by atoms with van der Waals surface area (Å²) >= 11 is 5.65. The fourth-order valence-corrected chi connectivity index (χ4v) is 2.15. The molecule has 1 aromatic rings. The zero-order valence-electron chi connectivity index (χ0n) is 9.86. The highest BCUT2D eigenvalue weighted by molar-refractivity contribution is 6.29. The molecule has 1 saturated carbocycles. The van der Waals surface area contributed by atoms with E-state index in [4.69, 9.17) is 16.3 Å². The second-order valence-electron chi connectivity index (χ2n) is 4.30. The van der Waals surface area contributed by atoms with E-state index in [2.05, 4.69) is 15.5 Å². The molecule has 1 heterocycles. The molecule has 0 atom stereocenters. The van der Waals surface area contributed by atoms with Crippen LogP contribution in [0, 0.1) is 0 Å². The highest BCUT2D eigenvalue weighted by atomic mass is 35.5. The van der Waals surface area contributed by atoms with Crippen LogP contribution in [0.25, 0.3) is 0 Å². The van der Waals surface area contributed by atoms with Gasteiger partial charge in [0.25, 0.3) is 0 Å². The summed E-state index contributed by atoms with van der Waals surface area (Å²) in [7, 11) is 0. The summed E-state index contributed by atoms with van der Waals surface area (Å²) in [5.41, 5.74) is 0. The number of aromatic nitrogens is 2. The normalized spacial score (nSPS) is 17.0. The lowest BCUT2D eigenvalue weighted by atomic mass is 9.98. The number of halogens is 1. The number of nitrogens with zero attached hydrogens (tertiary/aromatic N) is 2. The molecule has 17 heavy (non-hydrogen) atoms. The predicted molar refractivity (Wildman–Crippen MR) is 68.4 cm³/mol. The molecule has 0 aliphatic heterocycles. The van der Waals surface area contributed by atoms with Crippen molar-refractivity contribution in [2.45, 2.75) is 38.2 Å². The minimum absolute atomic E-state index is 0.411. The Morgan fingerprint density at radius 2 is 2.06 bits per heavy atom. The Bertz CT molecular complexity index is 325. The maximum absolute atomic E-state index is 5.79. The van der Waals surface area contributed by atoms with Gasteiger partial charge >= 0.3 is 0 Å². The van der Waals surface area contributed by atoms with Crippen LogP contribution in [0.1, 0.15) is 32.1 Å². The first kappa shape index (κ1) is 12.6. The Morgan fingerprint density at radius 3 is 2.76 bits per heavy atom. The molecule has 1 fully saturated rings. The quantitative estimate of drug-likeness (QED) is 0.822. The average molecular weight is 256 g/mol. The largest absolute Gasteiger partial charge is 0.376 e. The lowest BCUT2D eigenvalue weighted by Crippen LogP contribution is -2.20. The Kier molecular flexibility index (Phi) is 5.01. The highest BCUT2D eigenvalue weighted by Gasteiger charge is 2.12. The number of hydrogen-bond acceptors (Lipinski definition) is 4. The highest BCUT2D eigenvalue weighted by Crippen LogP contribution is 2.19. The molecule has 0 amide bonds. The van der Waals surface area contributed by atoms with Gasteiger partial charge in [-0.1, -0.05) is 30.9 Å². The molecule has 0 radical (unpaired) electrons. The molecule has 1 N–H and O–H groups in total. The molecule has 0 unspecified atom stereocenters. The summed E-state index contributed by atoms with van der Waals surface area (Å²) in [4.78, 5) is 0. The van der Waals surface area contributed by atoms with Crippen LogP contribution >= 0.6 is 11.6 Å². The molecule has 94 valence electrons. The van der Waals surface area contributed by atoms with Crippen molar-refractivity contribution in [1.29, 1.82) is 0 Å². The SMILES string of the molecule is Clc1ccc(NCCOC2CCCCC2)nn1. The van der Waals surface area contributed by atoms with E-state index in [0.717, 1.165) is 19.0 Å². The van der Waals surface area contributed by atoms with Crippen LogP contribution in [0.3, 0.4) is 0 Å². The van der Waals surface area contributed by atoms with Gasteiger partial charge in [0.1, 0.15) is 5.82 Å². The summed E-state index contributed by atoms with van der Waals surface area (Å²) in [6, 6.07) is 3.54. The van der Waals surface area contributed by atoms with Crippen LogP contribution in [0.15, 0.2) is 12.1 Å². The van der Waals surface area contributed by atoms with Crippen LogP contribution in [-0.2, 0) is 4.74 Å². The molecule has 4 nitrogen and oxygen atoms in total. The molecular formula is C12H18ClN3O. The van der Waals surface area contributed by atoms with Gasteiger partial charge in [-0.2, -0.15) is 0 Å². The number of anilines is 1. The van der Waals surface area contributed by atoms with Gasteiger partial charge in [0.15, 0.2) is 5.15 Å². The van der Waals surface area contributed by atoms with Crippen LogP contribution in [-0.4, -0.2) is 29.5 Å². The van der Waals surface area contributed by atoms with Crippen molar-refractivity contribution in [2.24, 2.45) is 0 Å². The number of ether oxygens (including phenoxy) is 1. The molecule has 0 bridgehead atoms. The van der Waals surface area contributed by atoms with E-state index in [-0.39, 0.29) is 0 Å². The monoisotopic (exact) mass is 255 g/mol. The lowest BCUT2D eigenvalue weighted by molar-refractivity contribution is 0.0347. The summed E-state index contributed by atoms with van der Waals surface area (Å²) in [5.74, 6) is 0.738. The Morgan fingerprint density at radius 1 is 1.24 bits per heavy atom. The van der Waals surface area contributed by atoms with Crippen molar-refractivity contribution >= 4 is 17.4 Å². The summed E-state index contributed by atoms with van der Waals surface area (Å²) < 4.78 is 5.79. The zero-order valence-corrected chi connectivity index (χ0v) is 10.6. The summed E-state index contributed by atoms with van der Waals surface area (Å²) in [6.45, 7) is 1.47. The molecule has 1 aliphatic carbocycles. The zero-order chi connectivity index (χ0) is 11.9. The third-order valence-corrected chi connectivity index (χ3v) is 3.15. The van der Waals surface area contributed by atoms with Crippen molar-refractivity contribution in [3.8, 4) is 0 Å². The molecule has 0 aromatic carbocycles. The Hall–Kier alpha value is -0.870. The Labute approximate surface area is 107 Å². The molecule has 0 saturated heterocycles. The first-order valence-corrected chi connectivity index (χ1v) is 6.57. The standard InChI is InChI=1S/C12H18ClN3O/c13-11-6-7-12(16-15-11)14-8-9-17-10-4-2-1-3-5-10/h6-7,10H,1-5,8-9H2,(H,14,16). The fourth-order valence-electron chi connectivity index (χ4n) is 2.05. The van der Waals surface area contributed by atoms with Gasteiger partial charge in [0, 0.05) is 6.54 Å². The van der Waals surface area contributed by atoms with E-state index in [1.807, 2.05) is 6.07 Å². The number of rotatable bonds is 5. The molecule has 1 aromatic heterocycles. The smallest absolute Gasteiger partial charge is 0.151 e. The van der Waals surface area contributed by atoms with Gasteiger partial charge in [-0.15, -0.1) is 10.2 Å². The first-order valence-electron chi connectivity index (χ1n) is 6.19. The van der Waals surface area contributed by atoms with Gasteiger partial charge in [0.2, 0.25) is 0 Å². The van der Waals surface area contributed by atoms with Gasteiger partial charge in [-0.3, -0.25) is 0 Å². The van der Waals surface area contributed by atoms with Crippen molar-refractivity contribution < 1.29 is 4.74 Å². The van der Waals surface area contributed by atoms with Crippen molar-refractivity contribution in [3.63, 3.8) is 0 Å². The number of hydrogen-bond donors (Lipinski definition) is 1. The van der Waals surface area contributed by atoms with Crippen molar-refractivity contribution in [2.75, 3.05) is 18.5 Å². The molecule has 5 heteroatoms. The van der Waals surface area contributed by atoms with E-state index in [1.54, 1.807) is 6.07 Å². The van der Waals surface area contributed by atoms with E-state index in [0.29, 0.717) is 11.3 Å². The third kappa shape index (κ3) is 4.48. The van der Waals surface area contributed by atoms with Gasteiger partial charge in [-0.25, -0.2) is 0 Å². The van der Waals surface area contributed by atoms with Gasteiger partial charge in [-0.05, 0) is 25.0 Å². The number of nitrogens with one attached hydrogen (secondary N) is 1. The van der Waals surface area contributed by atoms with Gasteiger partial charge < -0.3 is 10.1 Å².